The lowest BCUT2D eigenvalue weighted by Crippen LogP contribution is -2.35. The molecule has 1 aromatic rings. The molecule has 0 unspecified atom stereocenters. The number of aromatic nitrogens is 2. The summed E-state index contributed by atoms with van der Waals surface area (Å²) in [6, 6.07) is 0.673. The fraction of sp³-hybridized carbons (Fsp3) is 0.444. The predicted molar refractivity (Wildman–Crippen MR) is 110 cm³/mol. The molecule has 0 fully saturated rings. The molecule has 11 nitrogen and oxygen atoms in total. The molecule has 0 bridgehead atoms. The zero-order valence-electron chi connectivity index (χ0n) is 16.9. The van der Waals surface area contributed by atoms with E-state index < -0.39 is 23.3 Å². The van der Waals surface area contributed by atoms with Gasteiger partial charge in [0.05, 0.1) is 0 Å². The molecule has 0 saturated heterocycles. The van der Waals surface area contributed by atoms with Crippen molar-refractivity contribution in [2.75, 3.05) is 18.4 Å². The number of rotatable bonds is 9. The van der Waals surface area contributed by atoms with Crippen LogP contribution in [0.1, 0.15) is 32.4 Å². The number of nitrogens with one attached hydrogen (secondary N) is 3. The average Bonchev–Trinajstić information content (AvgIpc) is 2.61. The van der Waals surface area contributed by atoms with Crippen LogP contribution in [0, 0.1) is 6.92 Å². The Balaban J connectivity index is 2.74. The van der Waals surface area contributed by atoms with E-state index in [1.54, 1.807) is 20.8 Å². The van der Waals surface area contributed by atoms with E-state index in [2.05, 4.69) is 20.6 Å². The van der Waals surface area contributed by atoms with Crippen molar-refractivity contribution in [3.05, 3.63) is 46.8 Å². The molecule has 1 rings (SSSR count). The van der Waals surface area contributed by atoms with E-state index in [1.807, 2.05) is 0 Å². The summed E-state index contributed by atoms with van der Waals surface area (Å²) < 4.78 is 5.33. The number of hydrogen-bond donors (Lipinski definition) is 5. The van der Waals surface area contributed by atoms with Crippen molar-refractivity contribution in [2.24, 2.45) is 11.5 Å². The summed E-state index contributed by atoms with van der Waals surface area (Å²) in [5, 5.41) is 5.09. The lowest BCUT2D eigenvalue weighted by Gasteiger charge is -2.23. The Kier molecular flexibility index (Phi) is 9.39. The van der Waals surface area contributed by atoms with E-state index in [4.69, 9.17) is 16.2 Å². The van der Waals surface area contributed by atoms with Gasteiger partial charge in [-0.2, -0.15) is 0 Å². The van der Waals surface area contributed by atoms with Crippen LogP contribution >= 0.6 is 0 Å². The zero-order valence-corrected chi connectivity index (χ0v) is 16.9. The Bertz CT molecular complexity index is 802. The molecule has 160 valence electrons. The Morgan fingerprint density at radius 2 is 2.07 bits per heavy atom. The number of aryl methyl sites for hydroxylation is 1. The second-order valence-corrected chi connectivity index (χ2v) is 6.65. The quantitative estimate of drug-likeness (QED) is 0.382. The van der Waals surface area contributed by atoms with Crippen LogP contribution in [0.2, 0.25) is 0 Å². The lowest BCUT2D eigenvalue weighted by atomic mass is 10.1. The van der Waals surface area contributed by atoms with E-state index in [0.717, 1.165) is 23.9 Å². The van der Waals surface area contributed by atoms with E-state index in [0.29, 0.717) is 18.8 Å². The number of amides is 3. The van der Waals surface area contributed by atoms with Gasteiger partial charge in [0.2, 0.25) is 5.95 Å². The number of nitrogens with two attached hydrogens (primary N) is 2. The van der Waals surface area contributed by atoms with Gasteiger partial charge in [-0.05, 0) is 46.2 Å². The molecular formula is C18H29N7O4. The van der Waals surface area contributed by atoms with Gasteiger partial charge in [0, 0.05) is 36.9 Å². The molecule has 0 aliphatic carbocycles. The topological polar surface area (TPSA) is 168 Å². The van der Waals surface area contributed by atoms with Crippen LogP contribution in [0.15, 0.2) is 35.5 Å². The maximum absolute atomic E-state index is 12.4. The normalized spacial score (nSPS) is 11.6. The number of aromatic amines is 1. The molecule has 0 saturated carbocycles. The van der Waals surface area contributed by atoms with Gasteiger partial charge in [-0.3, -0.25) is 20.0 Å². The first-order valence-electron chi connectivity index (χ1n) is 9.09. The molecule has 0 aliphatic rings. The van der Waals surface area contributed by atoms with Crippen LogP contribution in [0.4, 0.5) is 15.5 Å². The minimum Gasteiger partial charge on any atom is -0.439 e. The third-order valence-electron chi connectivity index (χ3n) is 3.47. The molecular weight excluding hydrogens is 378 g/mol. The molecule has 3 amide bonds. The summed E-state index contributed by atoms with van der Waals surface area (Å²) in [7, 11) is 0. The zero-order chi connectivity index (χ0) is 21.9. The average molecular weight is 407 g/mol. The van der Waals surface area contributed by atoms with E-state index in [-0.39, 0.29) is 5.95 Å². The summed E-state index contributed by atoms with van der Waals surface area (Å²) >= 11 is 0. The number of unbranched alkanes of at least 4 members (excludes halogenated alkanes) is 1. The highest BCUT2D eigenvalue weighted by Gasteiger charge is 2.20. The first-order chi connectivity index (χ1) is 13.7. The monoisotopic (exact) mass is 407 g/mol. The summed E-state index contributed by atoms with van der Waals surface area (Å²) in [5.74, 6) is -0.00353. The van der Waals surface area contributed by atoms with Gasteiger partial charge in [0.1, 0.15) is 5.60 Å². The number of anilines is 1. The molecule has 29 heavy (non-hydrogen) atoms. The van der Waals surface area contributed by atoms with Crippen LogP contribution in [-0.4, -0.2) is 45.7 Å². The third kappa shape index (κ3) is 9.42. The minimum absolute atomic E-state index is 0.00353. The highest BCUT2D eigenvalue weighted by atomic mass is 16.6. The highest BCUT2D eigenvalue weighted by molar-refractivity contribution is 5.88. The second-order valence-electron chi connectivity index (χ2n) is 6.65. The summed E-state index contributed by atoms with van der Waals surface area (Å²) in [5.41, 5.74) is 9.85. The van der Waals surface area contributed by atoms with Crippen molar-refractivity contribution in [1.29, 1.82) is 0 Å². The fourth-order valence-corrected chi connectivity index (χ4v) is 2.11. The number of nitrogens with zero attached hydrogens (tertiary/aromatic N) is 2. The van der Waals surface area contributed by atoms with Crippen molar-refractivity contribution < 1.29 is 14.3 Å². The van der Waals surface area contributed by atoms with Crippen molar-refractivity contribution in [3.8, 4) is 0 Å². The van der Waals surface area contributed by atoms with Crippen LogP contribution in [-0.2, 0) is 4.74 Å². The molecule has 0 radical (unpaired) electrons. The summed E-state index contributed by atoms with van der Waals surface area (Å²) in [6.07, 6.45) is 6.33. The first-order valence-corrected chi connectivity index (χ1v) is 9.09. The molecule has 1 heterocycles. The molecule has 11 heteroatoms. The van der Waals surface area contributed by atoms with Gasteiger partial charge < -0.3 is 21.5 Å². The van der Waals surface area contributed by atoms with Crippen molar-refractivity contribution >= 4 is 18.1 Å². The minimum atomic E-state index is -1.01. The molecule has 0 spiro atoms. The van der Waals surface area contributed by atoms with Crippen LogP contribution < -0.4 is 27.7 Å². The number of alkyl carbamates (subject to hydrolysis) is 1. The van der Waals surface area contributed by atoms with Crippen LogP contribution in [0.25, 0.3) is 0 Å². The number of carbonyl (C=O) groups excluding carboxylic acids is 2. The predicted octanol–water partition coefficient (Wildman–Crippen LogP) is 1.10. The summed E-state index contributed by atoms with van der Waals surface area (Å²) in [4.78, 5) is 43.3. The van der Waals surface area contributed by atoms with Gasteiger partial charge in [-0.15, -0.1) is 0 Å². The standard InChI is InChI=1S/C18H29N7O4/c1-13-12-14(26)23-15(22-13)24-16(27)25(11-8-20)10-6-18(2,3)29-17(28)21-9-5-4-7-19/h6,8,10-12H,4-5,7,9,19-20H2,1-3H3,(H,21,28)(H2,22,23,24,26,27)/b10-6+,11-8-. The van der Waals surface area contributed by atoms with E-state index >= 15 is 0 Å². The second kappa shape index (κ2) is 11.5. The highest BCUT2D eigenvalue weighted by Crippen LogP contribution is 2.13. The van der Waals surface area contributed by atoms with Gasteiger partial charge >= 0.3 is 12.1 Å². The largest absolute Gasteiger partial charge is 0.439 e. The maximum atomic E-state index is 12.4. The number of ether oxygens (including phenoxy) is 1. The maximum Gasteiger partial charge on any atom is 0.407 e. The first kappa shape index (κ1) is 23.7. The van der Waals surface area contributed by atoms with Gasteiger partial charge in [-0.1, -0.05) is 0 Å². The van der Waals surface area contributed by atoms with Crippen LogP contribution in [0.5, 0.6) is 0 Å². The van der Waals surface area contributed by atoms with Gasteiger partial charge in [0.25, 0.3) is 5.56 Å². The molecule has 0 atom stereocenters. The van der Waals surface area contributed by atoms with Gasteiger partial charge in [-0.25, -0.2) is 14.6 Å². The smallest absolute Gasteiger partial charge is 0.407 e. The Morgan fingerprint density at radius 3 is 2.69 bits per heavy atom. The molecule has 0 aromatic carbocycles. The van der Waals surface area contributed by atoms with E-state index in [9.17, 15) is 14.4 Å². The van der Waals surface area contributed by atoms with Crippen molar-refractivity contribution in [2.45, 2.75) is 39.2 Å². The number of urea groups is 1. The molecule has 1 aromatic heterocycles. The fourth-order valence-electron chi connectivity index (χ4n) is 2.11. The lowest BCUT2D eigenvalue weighted by molar-refractivity contribution is 0.0715. The van der Waals surface area contributed by atoms with Crippen molar-refractivity contribution in [1.82, 2.24) is 20.2 Å². The van der Waals surface area contributed by atoms with Gasteiger partial charge in [0.15, 0.2) is 0 Å². The summed E-state index contributed by atoms with van der Waals surface area (Å²) in [6.45, 7) is 5.96. The van der Waals surface area contributed by atoms with E-state index in [1.165, 1.54) is 24.5 Å². The molecule has 7 N–H and O–H groups in total. The Hall–Kier alpha value is -3.34. The van der Waals surface area contributed by atoms with Crippen molar-refractivity contribution in [3.63, 3.8) is 0 Å². The number of H-pyrrole nitrogens is 1. The Labute approximate surface area is 169 Å². The SMILES string of the molecule is Cc1cc(=O)[nH]c(NC(=O)N(/C=C\N)/C=C/C(C)(C)OC(=O)NCCCCN)n1. The number of carbonyl (C=O) groups is 2. The number of hydrogen-bond acceptors (Lipinski definition) is 7. The Morgan fingerprint density at radius 1 is 1.34 bits per heavy atom. The third-order valence-corrected chi connectivity index (χ3v) is 3.47. The van der Waals surface area contributed by atoms with Crippen LogP contribution in [0.3, 0.4) is 0 Å². The molecule has 0 aliphatic heterocycles.